The van der Waals surface area contributed by atoms with Crippen LogP contribution in [0.4, 0.5) is 21.6 Å². The quantitative estimate of drug-likeness (QED) is 0.647. The number of para-hydroxylation sites is 1. The van der Waals surface area contributed by atoms with E-state index in [2.05, 4.69) is 41.6 Å². The van der Waals surface area contributed by atoms with Gasteiger partial charge in [-0.1, -0.05) is 37.3 Å². The average molecular weight is 363 g/mol. The summed E-state index contributed by atoms with van der Waals surface area (Å²) < 4.78 is 13.2. The Bertz CT molecular complexity index is 939. The van der Waals surface area contributed by atoms with E-state index in [-0.39, 0.29) is 18.1 Å². The van der Waals surface area contributed by atoms with Crippen molar-refractivity contribution in [2.24, 2.45) is 0 Å². The molecule has 2 aromatic carbocycles. The molecule has 0 spiro atoms. The number of aryl methyl sites for hydroxylation is 2. The Morgan fingerprint density at radius 2 is 1.93 bits per heavy atom. The van der Waals surface area contributed by atoms with Gasteiger partial charge >= 0.3 is 0 Å². The highest BCUT2D eigenvalue weighted by Gasteiger charge is 2.07. The van der Waals surface area contributed by atoms with E-state index >= 15 is 0 Å². The highest BCUT2D eigenvalue weighted by molar-refractivity contribution is 5.92. The lowest BCUT2D eigenvalue weighted by atomic mass is 10.1. The van der Waals surface area contributed by atoms with Crippen LogP contribution in [-0.4, -0.2) is 10.9 Å². The molecule has 0 aliphatic rings. The fourth-order valence-electron chi connectivity index (χ4n) is 2.91. The van der Waals surface area contributed by atoms with E-state index in [4.69, 9.17) is 0 Å². The summed E-state index contributed by atoms with van der Waals surface area (Å²) in [4.78, 5) is 16.5. The Morgan fingerprint density at radius 1 is 1.11 bits per heavy atom. The lowest BCUT2D eigenvalue weighted by molar-refractivity contribution is -0.115. The van der Waals surface area contributed by atoms with E-state index in [1.54, 1.807) is 24.4 Å². The Balaban J connectivity index is 1.64. The van der Waals surface area contributed by atoms with Gasteiger partial charge in [-0.3, -0.25) is 4.79 Å². The van der Waals surface area contributed by atoms with E-state index in [9.17, 15) is 9.18 Å². The first-order valence-electron chi connectivity index (χ1n) is 8.91. The second-order valence-electron chi connectivity index (χ2n) is 6.37. The van der Waals surface area contributed by atoms with Crippen molar-refractivity contribution in [3.8, 4) is 0 Å². The van der Waals surface area contributed by atoms with Crippen LogP contribution in [0.3, 0.4) is 0 Å². The Kier molecular flexibility index (Phi) is 5.81. The van der Waals surface area contributed by atoms with Crippen LogP contribution in [0.25, 0.3) is 0 Å². The molecule has 5 heteroatoms. The minimum absolute atomic E-state index is 0.112. The molecule has 4 nitrogen and oxygen atoms in total. The molecule has 1 aromatic heterocycles. The monoisotopic (exact) mass is 363 g/mol. The van der Waals surface area contributed by atoms with Crippen LogP contribution in [0.5, 0.6) is 0 Å². The number of nitrogens with zero attached hydrogens (tertiary/aromatic N) is 1. The van der Waals surface area contributed by atoms with E-state index in [1.165, 1.54) is 17.7 Å². The highest BCUT2D eigenvalue weighted by Crippen LogP contribution is 2.25. The summed E-state index contributed by atoms with van der Waals surface area (Å²) in [6, 6.07) is 15.8. The average Bonchev–Trinajstić information content (AvgIpc) is 2.65. The minimum atomic E-state index is -0.347. The van der Waals surface area contributed by atoms with Gasteiger partial charge in [0.1, 0.15) is 11.6 Å². The van der Waals surface area contributed by atoms with Crippen molar-refractivity contribution in [2.45, 2.75) is 26.7 Å². The van der Waals surface area contributed by atoms with Crippen LogP contribution in [-0.2, 0) is 17.6 Å². The third kappa shape index (κ3) is 4.91. The zero-order valence-corrected chi connectivity index (χ0v) is 15.4. The number of carbonyl (C=O) groups is 1. The van der Waals surface area contributed by atoms with Gasteiger partial charge in [0.15, 0.2) is 0 Å². The van der Waals surface area contributed by atoms with Gasteiger partial charge in [-0.15, -0.1) is 0 Å². The zero-order valence-electron chi connectivity index (χ0n) is 15.4. The predicted molar refractivity (Wildman–Crippen MR) is 107 cm³/mol. The number of rotatable bonds is 6. The standard InChI is InChI=1S/C22H22FN3O/c1-3-17-8-4-6-15(2)22(17)26-20-11-10-19(14-24-20)25-21(27)13-16-7-5-9-18(23)12-16/h4-12,14H,3,13H2,1-2H3,(H,24,26)(H,25,27). The molecule has 0 aliphatic carbocycles. The predicted octanol–water partition coefficient (Wildman–Crippen LogP) is 5.02. The number of anilines is 3. The van der Waals surface area contributed by atoms with Crippen molar-refractivity contribution in [2.75, 3.05) is 10.6 Å². The number of pyridine rings is 1. The van der Waals surface area contributed by atoms with Gasteiger partial charge in [0.05, 0.1) is 18.3 Å². The number of amides is 1. The van der Waals surface area contributed by atoms with E-state index in [0.717, 1.165) is 17.7 Å². The molecule has 0 radical (unpaired) electrons. The first-order valence-corrected chi connectivity index (χ1v) is 8.91. The summed E-state index contributed by atoms with van der Waals surface area (Å²) in [7, 11) is 0. The molecule has 0 saturated carbocycles. The molecule has 0 unspecified atom stereocenters. The Hall–Kier alpha value is -3.21. The van der Waals surface area contributed by atoms with Gasteiger partial charge in [0, 0.05) is 5.69 Å². The third-order valence-corrected chi connectivity index (χ3v) is 4.29. The van der Waals surface area contributed by atoms with Crippen LogP contribution in [0.2, 0.25) is 0 Å². The Labute approximate surface area is 158 Å². The highest BCUT2D eigenvalue weighted by atomic mass is 19.1. The molecule has 1 heterocycles. The molecule has 0 aliphatic heterocycles. The van der Waals surface area contributed by atoms with Crippen molar-refractivity contribution in [3.63, 3.8) is 0 Å². The lowest BCUT2D eigenvalue weighted by Gasteiger charge is -2.14. The SMILES string of the molecule is CCc1cccc(C)c1Nc1ccc(NC(=O)Cc2cccc(F)c2)cn1. The van der Waals surface area contributed by atoms with Crippen LogP contribution >= 0.6 is 0 Å². The number of aromatic nitrogens is 1. The van der Waals surface area contributed by atoms with Crippen molar-refractivity contribution >= 4 is 23.1 Å². The number of hydrogen-bond acceptors (Lipinski definition) is 3. The second kappa shape index (κ2) is 8.45. The summed E-state index contributed by atoms with van der Waals surface area (Å²) in [6.07, 6.45) is 2.65. The fraction of sp³-hybridized carbons (Fsp3) is 0.182. The number of nitrogens with one attached hydrogen (secondary N) is 2. The summed E-state index contributed by atoms with van der Waals surface area (Å²) in [5.74, 6) is 0.150. The molecule has 0 bridgehead atoms. The van der Waals surface area contributed by atoms with Crippen LogP contribution in [0.1, 0.15) is 23.6 Å². The fourth-order valence-corrected chi connectivity index (χ4v) is 2.91. The normalized spacial score (nSPS) is 10.5. The van der Waals surface area contributed by atoms with Gasteiger partial charge in [-0.2, -0.15) is 0 Å². The largest absolute Gasteiger partial charge is 0.340 e. The van der Waals surface area contributed by atoms with Gasteiger partial charge in [-0.05, 0) is 54.3 Å². The number of benzene rings is 2. The van der Waals surface area contributed by atoms with Crippen LogP contribution in [0.15, 0.2) is 60.8 Å². The number of hydrogen-bond donors (Lipinski definition) is 2. The molecule has 1 amide bonds. The first-order chi connectivity index (χ1) is 13.0. The molecule has 2 N–H and O–H groups in total. The van der Waals surface area contributed by atoms with E-state index in [0.29, 0.717) is 17.1 Å². The lowest BCUT2D eigenvalue weighted by Crippen LogP contribution is -2.14. The zero-order chi connectivity index (χ0) is 19.2. The molecule has 3 aromatic rings. The van der Waals surface area contributed by atoms with Gasteiger partial charge < -0.3 is 10.6 Å². The maximum absolute atomic E-state index is 13.2. The molecule has 27 heavy (non-hydrogen) atoms. The summed E-state index contributed by atoms with van der Waals surface area (Å²) in [5.41, 5.74) is 4.68. The maximum atomic E-state index is 13.2. The maximum Gasteiger partial charge on any atom is 0.228 e. The smallest absolute Gasteiger partial charge is 0.228 e. The molecular formula is C22H22FN3O. The molecule has 0 atom stereocenters. The molecule has 0 saturated heterocycles. The topological polar surface area (TPSA) is 54.0 Å². The summed E-state index contributed by atoms with van der Waals surface area (Å²) in [5, 5.41) is 6.14. The molecule has 138 valence electrons. The Morgan fingerprint density at radius 3 is 2.63 bits per heavy atom. The van der Waals surface area contributed by atoms with E-state index < -0.39 is 0 Å². The molecular weight excluding hydrogens is 341 g/mol. The number of carbonyl (C=O) groups excluding carboxylic acids is 1. The second-order valence-corrected chi connectivity index (χ2v) is 6.37. The molecule has 0 fully saturated rings. The summed E-state index contributed by atoms with van der Waals surface area (Å²) >= 11 is 0. The minimum Gasteiger partial charge on any atom is -0.340 e. The first kappa shape index (κ1) is 18.6. The molecule has 3 rings (SSSR count). The van der Waals surface area contributed by atoms with Gasteiger partial charge in [-0.25, -0.2) is 9.37 Å². The van der Waals surface area contributed by atoms with Crippen LogP contribution < -0.4 is 10.6 Å². The van der Waals surface area contributed by atoms with Crippen LogP contribution in [0, 0.1) is 12.7 Å². The van der Waals surface area contributed by atoms with Crippen molar-refractivity contribution in [1.29, 1.82) is 0 Å². The van der Waals surface area contributed by atoms with Crippen molar-refractivity contribution in [1.82, 2.24) is 4.98 Å². The van der Waals surface area contributed by atoms with Gasteiger partial charge in [0.2, 0.25) is 5.91 Å². The number of halogens is 1. The van der Waals surface area contributed by atoms with Crippen molar-refractivity contribution < 1.29 is 9.18 Å². The van der Waals surface area contributed by atoms with Gasteiger partial charge in [0.25, 0.3) is 0 Å². The third-order valence-electron chi connectivity index (χ3n) is 4.29. The summed E-state index contributed by atoms with van der Waals surface area (Å²) in [6.45, 7) is 4.17. The van der Waals surface area contributed by atoms with E-state index in [1.807, 2.05) is 12.1 Å². The van der Waals surface area contributed by atoms with Crippen molar-refractivity contribution in [3.05, 3.63) is 83.3 Å².